The van der Waals surface area contributed by atoms with Gasteiger partial charge >= 0.3 is 5.97 Å². The Hall–Kier alpha value is -5.16. The Morgan fingerprint density at radius 2 is 1.56 bits per heavy atom. The lowest BCUT2D eigenvalue weighted by Crippen LogP contribution is -2.25. The number of hydrogen-bond donors (Lipinski definition) is 0. The molecule has 0 bridgehead atoms. The minimum Gasteiger partial charge on any atom is -0.462 e. The zero-order valence-corrected chi connectivity index (χ0v) is 21.3. The van der Waals surface area contributed by atoms with Crippen molar-refractivity contribution in [2.45, 2.75) is 6.92 Å². The van der Waals surface area contributed by atoms with Crippen LogP contribution in [0.15, 0.2) is 125 Å². The van der Waals surface area contributed by atoms with E-state index in [0.717, 1.165) is 33.3 Å². The van der Waals surface area contributed by atoms with Gasteiger partial charge in [-0.05, 0) is 60.4 Å². The molecule has 2 heterocycles. The molecule has 0 N–H and O–H groups in total. The number of nitrogens with zero attached hydrogens (tertiary/aromatic N) is 1. The number of carbonyl (C=O) groups excluding carboxylic acids is 2. The SMILES string of the molecule is CCOC(=O)c1ccc(-c2ccc(/C=C3\C=C(c4ccccc4)N(c4cccc5ccccc45)C3=O)o2)cc1. The van der Waals surface area contributed by atoms with Gasteiger partial charge in [0.1, 0.15) is 11.5 Å². The van der Waals surface area contributed by atoms with Crippen LogP contribution >= 0.6 is 0 Å². The van der Waals surface area contributed by atoms with Gasteiger partial charge in [0.2, 0.25) is 0 Å². The molecule has 0 saturated carbocycles. The number of carbonyl (C=O) groups is 2. The largest absolute Gasteiger partial charge is 0.462 e. The zero-order chi connectivity index (χ0) is 26.8. The first-order valence-corrected chi connectivity index (χ1v) is 12.8. The summed E-state index contributed by atoms with van der Waals surface area (Å²) in [5.74, 6) is 0.722. The molecule has 39 heavy (non-hydrogen) atoms. The third kappa shape index (κ3) is 4.66. The van der Waals surface area contributed by atoms with Crippen LogP contribution in [0.3, 0.4) is 0 Å². The fourth-order valence-electron chi connectivity index (χ4n) is 4.80. The molecule has 1 amide bonds. The second-order valence-corrected chi connectivity index (χ2v) is 9.13. The molecule has 0 saturated heterocycles. The molecule has 4 aromatic carbocycles. The topological polar surface area (TPSA) is 59.8 Å². The van der Waals surface area contributed by atoms with Crippen molar-refractivity contribution in [1.29, 1.82) is 0 Å². The van der Waals surface area contributed by atoms with Crippen molar-refractivity contribution in [3.05, 3.63) is 138 Å². The Bertz CT molecular complexity index is 1740. The van der Waals surface area contributed by atoms with Gasteiger partial charge in [0, 0.05) is 16.5 Å². The Morgan fingerprint density at radius 1 is 0.821 bits per heavy atom. The highest BCUT2D eigenvalue weighted by atomic mass is 16.5. The molecular formula is C34H25NO4. The van der Waals surface area contributed by atoms with Gasteiger partial charge in [-0.15, -0.1) is 0 Å². The monoisotopic (exact) mass is 511 g/mol. The number of fused-ring (bicyclic) bond motifs is 1. The van der Waals surface area contributed by atoms with E-state index in [1.165, 1.54) is 0 Å². The van der Waals surface area contributed by atoms with Gasteiger partial charge in [-0.25, -0.2) is 4.79 Å². The zero-order valence-electron chi connectivity index (χ0n) is 21.3. The molecule has 5 nitrogen and oxygen atoms in total. The predicted molar refractivity (Wildman–Crippen MR) is 154 cm³/mol. The number of rotatable bonds is 6. The van der Waals surface area contributed by atoms with E-state index in [0.29, 0.717) is 29.3 Å². The number of amides is 1. The highest BCUT2D eigenvalue weighted by Crippen LogP contribution is 2.39. The van der Waals surface area contributed by atoms with Crippen LogP contribution in [0.5, 0.6) is 0 Å². The van der Waals surface area contributed by atoms with Crippen molar-refractivity contribution < 1.29 is 18.7 Å². The maximum atomic E-state index is 13.9. The van der Waals surface area contributed by atoms with Crippen molar-refractivity contribution >= 4 is 40.1 Å². The molecule has 1 aliphatic heterocycles. The van der Waals surface area contributed by atoms with Gasteiger partial charge in [0.25, 0.3) is 5.91 Å². The van der Waals surface area contributed by atoms with E-state index in [4.69, 9.17) is 9.15 Å². The van der Waals surface area contributed by atoms with Gasteiger partial charge in [-0.3, -0.25) is 9.69 Å². The molecular weight excluding hydrogens is 486 g/mol. The average molecular weight is 512 g/mol. The van der Waals surface area contributed by atoms with E-state index < -0.39 is 0 Å². The van der Waals surface area contributed by atoms with Crippen LogP contribution < -0.4 is 4.90 Å². The van der Waals surface area contributed by atoms with Gasteiger partial charge < -0.3 is 9.15 Å². The second kappa shape index (κ2) is 10.3. The van der Waals surface area contributed by atoms with E-state index in [1.54, 1.807) is 30.0 Å². The van der Waals surface area contributed by atoms with E-state index in [9.17, 15) is 9.59 Å². The number of anilines is 1. The van der Waals surface area contributed by atoms with E-state index in [2.05, 4.69) is 0 Å². The molecule has 190 valence electrons. The maximum Gasteiger partial charge on any atom is 0.338 e. The highest BCUT2D eigenvalue weighted by Gasteiger charge is 2.31. The summed E-state index contributed by atoms with van der Waals surface area (Å²) in [6.07, 6.45) is 3.68. The van der Waals surface area contributed by atoms with Crippen LogP contribution in [-0.4, -0.2) is 18.5 Å². The summed E-state index contributed by atoms with van der Waals surface area (Å²) in [4.78, 5) is 27.6. The molecule has 5 aromatic rings. The Balaban J connectivity index is 1.36. The average Bonchev–Trinajstić information content (AvgIpc) is 3.58. The maximum absolute atomic E-state index is 13.9. The molecule has 0 fully saturated rings. The molecule has 1 aliphatic rings. The van der Waals surface area contributed by atoms with Gasteiger partial charge in [-0.2, -0.15) is 0 Å². The predicted octanol–water partition coefficient (Wildman–Crippen LogP) is 7.75. The third-order valence-electron chi connectivity index (χ3n) is 6.67. The van der Waals surface area contributed by atoms with Crippen LogP contribution in [0.1, 0.15) is 28.6 Å². The molecule has 0 unspecified atom stereocenters. The molecule has 0 atom stereocenters. The Morgan fingerprint density at radius 3 is 2.36 bits per heavy atom. The number of hydrogen-bond acceptors (Lipinski definition) is 4. The Labute approximate surface area is 226 Å². The lowest BCUT2D eigenvalue weighted by molar-refractivity contribution is -0.113. The summed E-state index contributed by atoms with van der Waals surface area (Å²) in [6, 6.07) is 34.7. The summed E-state index contributed by atoms with van der Waals surface area (Å²) in [5.41, 5.74) is 4.42. The molecule has 6 rings (SSSR count). The fraction of sp³-hybridized carbons (Fsp3) is 0.0588. The number of furan rings is 1. The van der Waals surface area contributed by atoms with Gasteiger partial charge in [0.05, 0.1) is 23.6 Å². The number of benzene rings is 4. The molecule has 0 aliphatic carbocycles. The van der Waals surface area contributed by atoms with E-state index in [1.807, 2.05) is 103 Å². The first-order valence-electron chi connectivity index (χ1n) is 12.8. The van der Waals surface area contributed by atoms with E-state index >= 15 is 0 Å². The van der Waals surface area contributed by atoms with Gasteiger partial charge in [0.15, 0.2) is 0 Å². The van der Waals surface area contributed by atoms with Crippen molar-refractivity contribution in [2.24, 2.45) is 0 Å². The lowest BCUT2D eigenvalue weighted by Gasteiger charge is -2.22. The van der Waals surface area contributed by atoms with Crippen LogP contribution in [0.2, 0.25) is 0 Å². The van der Waals surface area contributed by atoms with Gasteiger partial charge in [-0.1, -0.05) is 78.9 Å². The smallest absolute Gasteiger partial charge is 0.338 e. The highest BCUT2D eigenvalue weighted by molar-refractivity contribution is 6.25. The summed E-state index contributed by atoms with van der Waals surface area (Å²) in [6.45, 7) is 2.10. The third-order valence-corrected chi connectivity index (χ3v) is 6.67. The van der Waals surface area contributed by atoms with Crippen LogP contribution in [0.4, 0.5) is 5.69 Å². The van der Waals surface area contributed by atoms with Crippen molar-refractivity contribution in [3.8, 4) is 11.3 Å². The molecule has 5 heteroatoms. The summed E-state index contributed by atoms with van der Waals surface area (Å²) >= 11 is 0. The minimum absolute atomic E-state index is 0.123. The Kier molecular flexibility index (Phi) is 6.39. The van der Waals surface area contributed by atoms with Crippen LogP contribution in [0, 0.1) is 0 Å². The van der Waals surface area contributed by atoms with Crippen molar-refractivity contribution in [3.63, 3.8) is 0 Å². The van der Waals surface area contributed by atoms with Crippen molar-refractivity contribution in [1.82, 2.24) is 0 Å². The molecule has 0 spiro atoms. The minimum atomic E-state index is -0.356. The van der Waals surface area contributed by atoms with Crippen molar-refractivity contribution in [2.75, 3.05) is 11.5 Å². The van der Waals surface area contributed by atoms with E-state index in [-0.39, 0.29) is 11.9 Å². The summed E-state index contributed by atoms with van der Waals surface area (Å²) < 4.78 is 11.1. The quantitative estimate of drug-likeness (QED) is 0.173. The van der Waals surface area contributed by atoms with Crippen LogP contribution in [-0.2, 0) is 9.53 Å². The standard InChI is InChI=1S/C34H25NO4/c1-2-38-34(37)26-17-15-25(16-18-26)32-20-19-28(39-32)21-27-22-31(24-10-4-3-5-11-24)35(33(27)36)30-14-8-12-23-9-6-7-13-29(23)30/h3-22H,2H2,1H3/b27-21+. The number of ether oxygens (including phenoxy) is 1. The summed E-state index contributed by atoms with van der Waals surface area (Å²) in [5, 5.41) is 2.07. The first-order chi connectivity index (χ1) is 19.1. The second-order valence-electron chi connectivity index (χ2n) is 9.13. The first kappa shape index (κ1) is 24.2. The normalized spacial score (nSPS) is 14.2. The lowest BCUT2D eigenvalue weighted by atomic mass is 10.1. The van der Waals surface area contributed by atoms with Crippen LogP contribution in [0.25, 0.3) is 33.9 Å². The summed E-state index contributed by atoms with van der Waals surface area (Å²) in [7, 11) is 0. The molecule has 0 radical (unpaired) electrons. The fourth-order valence-corrected chi connectivity index (χ4v) is 4.80. The number of esters is 1. The molecule has 1 aromatic heterocycles.